The fourth-order valence-electron chi connectivity index (χ4n) is 3.37. The van der Waals surface area contributed by atoms with Gasteiger partial charge >= 0.3 is 0 Å². The van der Waals surface area contributed by atoms with Gasteiger partial charge < -0.3 is 10.1 Å². The highest BCUT2D eigenvalue weighted by Crippen LogP contribution is 2.32. The Bertz CT molecular complexity index is 1210. The van der Waals surface area contributed by atoms with Gasteiger partial charge in [-0.25, -0.2) is 0 Å². The number of carbonyl (C=O) groups is 2. The van der Waals surface area contributed by atoms with Gasteiger partial charge in [-0.3, -0.25) is 14.5 Å². The maximum absolute atomic E-state index is 12.8. The van der Waals surface area contributed by atoms with Crippen molar-refractivity contribution in [1.82, 2.24) is 4.90 Å². The summed E-state index contributed by atoms with van der Waals surface area (Å²) >= 11 is 6.74. The zero-order valence-electron chi connectivity index (χ0n) is 18.7. The SMILES string of the molecule is Cc1ccc(NC(=O)COc2ccc(/C=C3\SC(=S)N(CCc4ccccc4)C3=O)cc2)cc1. The van der Waals surface area contributed by atoms with Crippen molar-refractivity contribution in [2.45, 2.75) is 13.3 Å². The van der Waals surface area contributed by atoms with Gasteiger partial charge in [0.25, 0.3) is 11.8 Å². The zero-order valence-corrected chi connectivity index (χ0v) is 20.3. The molecule has 2 amide bonds. The number of carbonyl (C=O) groups excluding carboxylic acids is 2. The first-order valence-corrected chi connectivity index (χ1v) is 12.1. The van der Waals surface area contributed by atoms with Crippen LogP contribution in [0.1, 0.15) is 16.7 Å². The van der Waals surface area contributed by atoms with Crippen LogP contribution in [-0.4, -0.2) is 34.2 Å². The summed E-state index contributed by atoms with van der Waals surface area (Å²) in [5.41, 5.74) is 3.89. The molecular formula is C27H24N2O3S2. The summed E-state index contributed by atoms with van der Waals surface area (Å²) in [6.07, 6.45) is 2.58. The first-order valence-electron chi connectivity index (χ1n) is 10.9. The van der Waals surface area contributed by atoms with Gasteiger partial charge in [0.1, 0.15) is 10.1 Å². The lowest BCUT2D eigenvalue weighted by Crippen LogP contribution is -2.30. The molecule has 1 aliphatic rings. The summed E-state index contributed by atoms with van der Waals surface area (Å²) < 4.78 is 6.16. The van der Waals surface area contributed by atoms with Gasteiger partial charge in [-0.1, -0.05) is 84.1 Å². The van der Waals surface area contributed by atoms with Crippen molar-refractivity contribution in [2.75, 3.05) is 18.5 Å². The average Bonchev–Trinajstić information content (AvgIpc) is 3.11. The number of benzene rings is 3. The van der Waals surface area contributed by atoms with Crippen molar-refractivity contribution in [1.29, 1.82) is 0 Å². The maximum atomic E-state index is 12.8. The molecule has 1 aliphatic heterocycles. The number of aryl methyl sites for hydroxylation is 1. The molecule has 0 spiro atoms. The standard InChI is InChI=1S/C27H24N2O3S2/c1-19-7-11-22(12-8-19)28-25(30)18-32-23-13-9-21(10-14-23)17-24-26(31)29(27(33)34-24)16-15-20-5-3-2-4-6-20/h2-14,17H,15-16,18H2,1H3,(H,28,30)/b24-17-. The van der Waals surface area contributed by atoms with Crippen LogP contribution in [0, 0.1) is 6.92 Å². The summed E-state index contributed by atoms with van der Waals surface area (Å²) in [4.78, 5) is 27.2. The van der Waals surface area contributed by atoms with E-state index in [9.17, 15) is 9.59 Å². The molecule has 0 bridgehead atoms. The van der Waals surface area contributed by atoms with Crippen molar-refractivity contribution in [3.63, 3.8) is 0 Å². The quantitative estimate of drug-likeness (QED) is 0.337. The van der Waals surface area contributed by atoms with Gasteiger partial charge in [0.15, 0.2) is 6.61 Å². The molecule has 0 aromatic heterocycles. The highest BCUT2D eigenvalue weighted by atomic mass is 32.2. The predicted octanol–water partition coefficient (Wildman–Crippen LogP) is 5.46. The van der Waals surface area contributed by atoms with Gasteiger partial charge in [-0.05, 0) is 54.8 Å². The molecule has 1 saturated heterocycles. The third-order valence-electron chi connectivity index (χ3n) is 5.22. The number of nitrogens with zero attached hydrogens (tertiary/aromatic N) is 1. The van der Waals surface area contributed by atoms with E-state index in [0.29, 0.717) is 21.5 Å². The molecule has 5 nitrogen and oxygen atoms in total. The number of ether oxygens (including phenoxy) is 1. The molecule has 4 rings (SSSR count). The molecule has 1 N–H and O–H groups in total. The van der Waals surface area contributed by atoms with E-state index in [1.807, 2.05) is 79.7 Å². The van der Waals surface area contributed by atoms with E-state index in [1.165, 1.54) is 17.3 Å². The minimum absolute atomic E-state index is 0.0703. The van der Waals surface area contributed by atoms with E-state index in [1.54, 1.807) is 17.0 Å². The number of anilines is 1. The largest absolute Gasteiger partial charge is 0.484 e. The first kappa shape index (κ1) is 23.7. The van der Waals surface area contributed by atoms with E-state index in [-0.39, 0.29) is 18.4 Å². The Morgan fingerprint density at radius 3 is 2.44 bits per heavy atom. The molecule has 0 unspecified atom stereocenters. The fourth-order valence-corrected chi connectivity index (χ4v) is 4.68. The van der Waals surface area contributed by atoms with Gasteiger partial charge in [0, 0.05) is 12.2 Å². The van der Waals surface area contributed by atoms with E-state index in [4.69, 9.17) is 17.0 Å². The van der Waals surface area contributed by atoms with Crippen LogP contribution in [0.25, 0.3) is 6.08 Å². The lowest BCUT2D eigenvalue weighted by molar-refractivity contribution is -0.122. The minimum atomic E-state index is -0.230. The van der Waals surface area contributed by atoms with Gasteiger partial charge in [0.05, 0.1) is 4.91 Å². The molecule has 0 saturated carbocycles. The number of thioether (sulfide) groups is 1. The van der Waals surface area contributed by atoms with Crippen molar-refractivity contribution in [3.05, 3.63) is 100 Å². The topological polar surface area (TPSA) is 58.6 Å². The average molecular weight is 489 g/mol. The smallest absolute Gasteiger partial charge is 0.266 e. The second-order valence-electron chi connectivity index (χ2n) is 7.84. The molecule has 0 radical (unpaired) electrons. The Hall–Kier alpha value is -3.42. The van der Waals surface area contributed by atoms with E-state index in [0.717, 1.165) is 23.2 Å². The number of hydrogen-bond acceptors (Lipinski definition) is 5. The van der Waals surface area contributed by atoms with Crippen LogP contribution in [0.2, 0.25) is 0 Å². The molecule has 7 heteroatoms. The summed E-state index contributed by atoms with van der Waals surface area (Å²) in [6, 6.07) is 24.9. The lowest BCUT2D eigenvalue weighted by atomic mass is 10.1. The van der Waals surface area contributed by atoms with Crippen molar-refractivity contribution < 1.29 is 14.3 Å². The first-order chi connectivity index (χ1) is 16.5. The van der Waals surface area contributed by atoms with Gasteiger partial charge in [0.2, 0.25) is 0 Å². The molecule has 0 aliphatic carbocycles. The zero-order chi connectivity index (χ0) is 23.9. The monoisotopic (exact) mass is 488 g/mol. The molecular weight excluding hydrogens is 464 g/mol. The lowest BCUT2D eigenvalue weighted by Gasteiger charge is -2.14. The predicted molar refractivity (Wildman–Crippen MR) is 142 cm³/mol. The molecule has 3 aromatic carbocycles. The van der Waals surface area contributed by atoms with Crippen LogP contribution in [0.4, 0.5) is 5.69 Å². The maximum Gasteiger partial charge on any atom is 0.266 e. The van der Waals surface area contributed by atoms with Crippen LogP contribution >= 0.6 is 24.0 Å². The molecule has 34 heavy (non-hydrogen) atoms. The van der Waals surface area contributed by atoms with Crippen LogP contribution in [0.5, 0.6) is 5.75 Å². The molecule has 1 fully saturated rings. The van der Waals surface area contributed by atoms with E-state index >= 15 is 0 Å². The third kappa shape index (κ3) is 6.34. The Morgan fingerprint density at radius 2 is 1.74 bits per heavy atom. The van der Waals surface area contributed by atoms with Crippen LogP contribution < -0.4 is 10.1 Å². The Morgan fingerprint density at radius 1 is 1.03 bits per heavy atom. The van der Waals surface area contributed by atoms with Crippen LogP contribution in [0.15, 0.2) is 83.8 Å². The number of nitrogens with one attached hydrogen (secondary N) is 1. The second-order valence-corrected chi connectivity index (χ2v) is 9.52. The highest BCUT2D eigenvalue weighted by molar-refractivity contribution is 8.26. The van der Waals surface area contributed by atoms with Crippen molar-refractivity contribution in [2.24, 2.45) is 0 Å². The number of thiocarbonyl (C=S) groups is 1. The van der Waals surface area contributed by atoms with E-state index in [2.05, 4.69) is 5.32 Å². The van der Waals surface area contributed by atoms with Crippen LogP contribution in [0.3, 0.4) is 0 Å². The summed E-state index contributed by atoms with van der Waals surface area (Å²) in [5, 5.41) is 2.80. The third-order valence-corrected chi connectivity index (χ3v) is 6.60. The van der Waals surface area contributed by atoms with E-state index < -0.39 is 0 Å². The highest BCUT2D eigenvalue weighted by Gasteiger charge is 2.31. The molecule has 1 heterocycles. The molecule has 172 valence electrons. The Kier molecular flexibility index (Phi) is 7.77. The Labute approximate surface area is 208 Å². The summed E-state index contributed by atoms with van der Waals surface area (Å²) in [5.74, 6) is 0.276. The minimum Gasteiger partial charge on any atom is -0.484 e. The number of rotatable bonds is 8. The normalized spacial score (nSPS) is 14.5. The van der Waals surface area contributed by atoms with Crippen LogP contribution in [-0.2, 0) is 16.0 Å². The summed E-state index contributed by atoms with van der Waals surface area (Å²) in [7, 11) is 0. The van der Waals surface area contributed by atoms with Crippen molar-refractivity contribution >= 4 is 51.9 Å². The number of hydrogen-bond donors (Lipinski definition) is 1. The summed E-state index contributed by atoms with van der Waals surface area (Å²) in [6.45, 7) is 2.46. The fraction of sp³-hybridized carbons (Fsp3) is 0.148. The van der Waals surface area contributed by atoms with Crippen molar-refractivity contribution in [3.8, 4) is 5.75 Å². The molecule has 0 atom stereocenters. The molecule has 3 aromatic rings. The number of amides is 2. The Balaban J connectivity index is 1.30. The van der Waals surface area contributed by atoms with Gasteiger partial charge in [-0.15, -0.1) is 0 Å². The van der Waals surface area contributed by atoms with Gasteiger partial charge in [-0.2, -0.15) is 0 Å². The second kappa shape index (κ2) is 11.1.